The summed E-state index contributed by atoms with van der Waals surface area (Å²) in [5.41, 5.74) is -0.138. The number of hydrogen-bond donors (Lipinski definition) is 0. The van der Waals surface area contributed by atoms with E-state index in [9.17, 15) is 22.4 Å². The number of carbonyl (C=O) groups is 1. The summed E-state index contributed by atoms with van der Waals surface area (Å²) in [4.78, 5) is 19.8. The van der Waals surface area contributed by atoms with E-state index in [0.29, 0.717) is 0 Å². The maximum Gasteiger partial charge on any atom is 0.436 e. The second kappa shape index (κ2) is 5.90. The van der Waals surface area contributed by atoms with Crippen molar-refractivity contribution in [2.75, 3.05) is 0 Å². The van der Waals surface area contributed by atoms with Gasteiger partial charge in [0.2, 0.25) is 0 Å². The number of benzene rings is 1. The Morgan fingerprint density at radius 2 is 1.71 bits per heavy atom. The minimum Gasteiger partial charge on any atom is -0.264 e. The van der Waals surface area contributed by atoms with Crippen LogP contribution in [0.2, 0.25) is 0 Å². The molecule has 0 atom stereocenters. The van der Waals surface area contributed by atoms with Crippen LogP contribution in [0.4, 0.5) is 17.6 Å². The Hall–Kier alpha value is -1.19. The van der Waals surface area contributed by atoms with Crippen LogP contribution in [0, 0.1) is 5.92 Å². The van der Waals surface area contributed by atoms with Crippen LogP contribution in [-0.2, 0) is 9.68 Å². The number of hydrogen-bond acceptors (Lipinski definition) is 3. The van der Waals surface area contributed by atoms with Crippen LogP contribution in [0.3, 0.4) is 0 Å². The molecule has 0 radical (unpaired) electrons. The van der Waals surface area contributed by atoms with E-state index in [1.54, 1.807) is 22.0 Å². The molecule has 0 unspecified atom stereocenters. The highest BCUT2D eigenvalue weighted by Crippen LogP contribution is 2.45. The van der Waals surface area contributed by atoms with E-state index in [0.717, 1.165) is 0 Å². The van der Waals surface area contributed by atoms with Gasteiger partial charge in [-0.2, -0.15) is 27.2 Å². The summed E-state index contributed by atoms with van der Waals surface area (Å²) in [6.07, 6.45) is -3.39. The molecular weight excluding hydrogens is 362 g/mol. The average Bonchev–Trinajstić information content (AvgIpc) is 3.21. The van der Waals surface area contributed by atoms with Gasteiger partial charge >= 0.3 is 17.0 Å². The van der Waals surface area contributed by atoms with Crippen LogP contribution < -0.4 is 0 Å². The van der Waals surface area contributed by atoms with Crippen LogP contribution in [0.15, 0.2) is 30.3 Å². The van der Waals surface area contributed by atoms with Gasteiger partial charge in [-0.15, -0.1) is 0 Å². The SMILES string of the molecule is O=C(c1ccccc1)N(OC(F)(F)Br)OC(F)(F)C1CC1. The molecule has 0 aliphatic heterocycles. The largest absolute Gasteiger partial charge is 0.436 e. The lowest BCUT2D eigenvalue weighted by Gasteiger charge is -2.26. The van der Waals surface area contributed by atoms with Crippen molar-refractivity contribution in [3.05, 3.63) is 35.9 Å². The topological polar surface area (TPSA) is 38.8 Å². The molecule has 0 aromatic heterocycles. The molecule has 0 heterocycles. The minimum atomic E-state index is -4.03. The van der Waals surface area contributed by atoms with Crippen LogP contribution in [0.25, 0.3) is 0 Å². The zero-order valence-electron chi connectivity index (χ0n) is 10.4. The van der Waals surface area contributed by atoms with Crippen LogP contribution >= 0.6 is 15.9 Å². The number of amides is 1. The maximum absolute atomic E-state index is 13.6. The Labute approximate surface area is 125 Å². The number of rotatable bonds is 6. The van der Waals surface area contributed by atoms with Crippen LogP contribution in [0.5, 0.6) is 0 Å². The smallest absolute Gasteiger partial charge is 0.264 e. The normalized spacial score (nSPS) is 15.9. The van der Waals surface area contributed by atoms with E-state index in [4.69, 9.17) is 0 Å². The molecule has 1 amide bonds. The molecule has 4 nitrogen and oxygen atoms in total. The maximum atomic E-state index is 13.6. The lowest BCUT2D eigenvalue weighted by Crippen LogP contribution is -2.42. The van der Waals surface area contributed by atoms with Gasteiger partial charge in [0.05, 0.1) is 5.92 Å². The molecule has 0 bridgehead atoms. The fraction of sp³-hybridized carbons (Fsp3) is 0.417. The third kappa shape index (κ3) is 4.65. The lowest BCUT2D eigenvalue weighted by molar-refractivity contribution is -0.473. The van der Waals surface area contributed by atoms with Crippen LogP contribution in [-0.4, -0.2) is 22.3 Å². The van der Waals surface area contributed by atoms with Crippen molar-refractivity contribution in [3.8, 4) is 0 Å². The fourth-order valence-electron chi connectivity index (χ4n) is 1.49. The molecule has 1 aliphatic rings. The number of alkyl halides is 5. The number of carbonyl (C=O) groups excluding carboxylic acids is 1. The number of halogens is 5. The first-order chi connectivity index (χ1) is 9.69. The molecule has 2 rings (SSSR count). The second-order valence-corrected chi connectivity index (χ2v) is 5.32. The van der Waals surface area contributed by atoms with E-state index >= 15 is 0 Å². The summed E-state index contributed by atoms with van der Waals surface area (Å²) in [6.45, 7) is 0. The Bertz CT molecular complexity index is 505. The highest BCUT2D eigenvalue weighted by atomic mass is 79.9. The van der Waals surface area contributed by atoms with Crippen molar-refractivity contribution >= 4 is 21.8 Å². The summed E-state index contributed by atoms with van der Waals surface area (Å²) in [5, 5.41) is -4.51. The van der Waals surface area contributed by atoms with Gasteiger partial charge in [0.25, 0.3) is 0 Å². The van der Waals surface area contributed by atoms with Gasteiger partial charge in [-0.3, -0.25) is 4.79 Å². The van der Waals surface area contributed by atoms with Gasteiger partial charge in [0.15, 0.2) is 0 Å². The van der Waals surface area contributed by atoms with E-state index in [1.807, 2.05) is 0 Å². The third-order valence-corrected chi connectivity index (χ3v) is 2.78. The minimum absolute atomic E-state index is 0.138. The van der Waals surface area contributed by atoms with Gasteiger partial charge in [0, 0.05) is 21.5 Å². The average molecular weight is 372 g/mol. The van der Waals surface area contributed by atoms with E-state index in [2.05, 4.69) is 9.68 Å². The highest BCUT2D eigenvalue weighted by Gasteiger charge is 2.52. The number of nitrogens with zero attached hydrogens (tertiary/aromatic N) is 1. The summed E-state index contributed by atoms with van der Waals surface area (Å²) in [6, 6.07) is 6.96. The molecule has 9 heteroatoms. The molecule has 116 valence electrons. The van der Waals surface area contributed by atoms with Crippen LogP contribution in [0.1, 0.15) is 23.2 Å². The number of hydroxylamine groups is 2. The predicted molar refractivity (Wildman–Crippen MR) is 66.3 cm³/mol. The molecule has 0 spiro atoms. The molecule has 0 N–H and O–H groups in total. The summed E-state index contributed by atoms with van der Waals surface area (Å²) < 4.78 is 52.7. The molecule has 0 saturated heterocycles. The molecule has 1 aliphatic carbocycles. The van der Waals surface area contributed by atoms with E-state index < -0.39 is 28.2 Å². The quantitative estimate of drug-likeness (QED) is 0.432. The Kier molecular flexibility index (Phi) is 4.54. The summed E-state index contributed by atoms with van der Waals surface area (Å²) >= 11 is 1.81. The second-order valence-electron chi connectivity index (χ2n) is 4.39. The van der Waals surface area contributed by atoms with E-state index in [-0.39, 0.29) is 18.4 Å². The molecule has 1 aromatic carbocycles. The van der Waals surface area contributed by atoms with Crippen molar-refractivity contribution in [2.24, 2.45) is 5.92 Å². The fourth-order valence-corrected chi connectivity index (χ4v) is 1.62. The molecule has 1 saturated carbocycles. The van der Waals surface area contributed by atoms with Crippen molar-refractivity contribution in [2.45, 2.75) is 24.0 Å². The Morgan fingerprint density at radius 3 is 2.19 bits per heavy atom. The monoisotopic (exact) mass is 371 g/mol. The van der Waals surface area contributed by atoms with E-state index in [1.165, 1.54) is 24.3 Å². The van der Waals surface area contributed by atoms with Gasteiger partial charge in [0.1, 0.15) is 0 Å². The third-order valence-electron chi connectivity index (χ3n) is 2.63. The first kappa shape index (κ1) is 16.2. The molecule has 1 aromatic rings. The zero-order chi connectivity index (χ0) is 15.7. The Balaban J connectivity index is 2.17. The van der Waals surface area contributed by atoms with Crippen molar-refractivity contribution in [1.29, 1.82) is 0 Å². The molecule has 1 fully saturated rings. The van der Waals surface area contributed by atoms with Crippen molar-refractivity contribution < 1.29 is 32.0 Å². The standard InChI is InChI=1S/C12H10BrF4NO3/c13-12(16,17)21-18(20-11(14,15)9-6-7-9)10(19)8-4-2-1-3-5-8/h1-5,9H,6-7H2. The highest BCUT2D eigenvalue weighted by molar-refractivity contribution is 9.09. The van der Waals surface area contributed by atoms with Gasteiger partial charge in [-0.25, -0.2) is 0 Å². The lowest BCUT2D eigenvalue weighted by atomic mass is 10.2. The summed E-state index contributed by atoms with van der Waals surface area (Å²) in [5.74, 6) is -2.38. The summed E-state index contributed by atoms with van der Waals surface area (Å²) in [7, 11) is 0. The first-order valence-electron chi connectivity index (χ1n) is 5.91. The Morgan fingerprint density at radius 1 is 1.14 bits per heavy atom. The molecule has 21 heavy (non-hydrogen) atoms. The van der Waals surface area contributed by atoms with Gasteiger partial charge in [-0.1, -0.05) is 23.4 Å². The molecular formula is C12H10BrF4NO3. The predicted octanol–water partition coefficient (Wildman–Crippen LogP) is 3.94. The van der Waals surface area contributed by atoms with Crippen molar-refractivity contribution in [3.63, 3.8) is 0 Å². The van der Waals surface area contributed by atoms with Crippen molar-refractivity contribution in [1.82, 2.24) is 5.23 Å². The van der Waals surface area contributed by atoms with Gasteiger partial charge < -0.3 is 0 Å². The zero-order valence-corrected chi connectivity index (χ0v) is 12.0. The first-order valence-corrected chi connectivity index (χ1v) is 6.70. The van der Waals surface area contributed by atoms with Gasteiger partial charge in [-0.05, 0) is 25.0 Å².